The average Bonchev–Trinajstić information content (AvgIpc) is 2.21. The van der Waals surface area contributed by atoms with E-state index in [0.29, 0.717) is 0 Å². The predicted octanol–water partition coefficient (Wildman–Crippen LogP) is 2.61. The van der Waals surface area contributed by atoms with Gasteiger partial charge in [0.25, 0.3) is 0 Å². The van der Waals surface area contributed by atoms with Gasteiger partial charge in [-0.3, -0.25) is 0 Å². The Hall–Kier alpha value is -0.260. The molecule has 0 radical (unpaired) electrons. The van der Waals surface area contributed by atoms with Crippen LogP contribution in [0.4, 0.5) is 0 Å². The molecule has 3 saturated carbocycles. The number of hydrogen-bond acceptors (Lipinski definition) is 0. The molecule has 4 atom stereocenters. The lowest BCUT2D eigenvalue weighted by atomic mass is 9.66. The molecule has 0 aromatic heterocycles. The summed E-state index contributed by atoms with van der Waals surface area (Å²) in [4.78, 5) is 0. The van der Waals surface area contributed by atoms with E-state index in [-0.39, 0.29) is 0 Å². The molecule has 0 saturated heterocycles. The molecule has 3 rings (SSSR count). The summed E-state index contributed by atoms with van der Waals surface area (Å²) < 4.78 is 0. The van der Waals surface area contributed by atoms with Gasteiger partial charge in [0.2, 0.25) is 0 Å². The minimum Gasteiger partial charge on any atom is -0.0993 e. The molecular weight excluding hydrogens is 120 g/mol. The second-order valence-electron chi connectivity index (χ2n) is 4.27. The van der Waals surface area contributed by atoms with E-state index < -0.39 is 0 Å². The maximum absolute atomic E-state index is 4.22. The zero-order chi connectivity index (χ0) is 6.72. The normalized spacial score (nSPS) is 56.6. The molecule has 3 aliphatic rings. The average molecular weight is 134 g/mol. The number of allylic oxidation sites excluding steroid dienone is 1. The van der Waals surface area contributed by atoms with Crippen LogP contribution in [0.5, 0.6) is 0 Å². The first-order valence-electron chi connectivity index (χ1n) is 4.56. The first-order chi connectivity index (χ1) is 4.88. The van der Waals surface area contributed by atoms with Gasteiger partial charge in [-0.15, -0.1) is 0 Å². The predicted molar refractivity (Wildman–Crippen MR) is 41.6 cm³/mol. The highest BCUT2D eigenvalue weighted by Gasteiger charge is 2.53. The Bertz CT molecular complexity index is 172. The van der Waals surface area contributed by atoms with E-state index in [2.05, 4.69) is 6.58 Å². The van der Waals surface area contributed by atoms with Crippen LogP contribution in [0.3, 0.4) is 0 Å². The summed E-state index contributed by atoms with van der Waals surface area (Å²) in [6, 6.07) is 0. The maximum Gasteiger partial charge on any atom is -0.0172 e. The van der Waals surface area contributed by atoms with Crippen molar-refractivity contribution in [3.63, 3.8) is 0 Å². The van der Waals surface area contributed by atoms with Crippen molar-refractivity contribution in [1.29, 1.82) is 0 Å². The molecule has 3 aliphatic carbocycles. The molecule has 0 N–H and O–H groups in total. The minimum atomic E-state index is 0.976. The van der Waals surface area contributed by atoms with Crippen molar-refractivity contribution in [3.05, 3.63) is 12.2 Å². The smallest absolute Gasteiger partial charge is 0.0172 e. The second-order valence-corrected chi connectivity index (χ2v) is 4.27. The highest BCUT2D eigenvalue weighted by Crippen LogP contribution is 2.63. The Kier molecular flexibility index (Phi) is 0.805. The number of rotatable bonds is 0. The van der Waals surface area contributed by atoms with Crippen molar-refractivity contribution in [2.75, 3.05) is 0 Å². The molecule has 10 heavy (non-hydrogen) atoms. The first kappa shape index (κ1) is 5.40. The lowest BCUT2D eigenvalue weighted by Crippen LogP contribution is -2.31. The molecule has 0 nitrogen and oxygen atoms in total. The highest BCUT2D eigenvalue weighted by molar-refractivity contribution is 5.24. The van der Waals surface area contributed by atoms with E-state index >= 15 is 0 Å². The fraction of sp³-hybridized carbons (Fsp3) is 0.800. The summed E-state index contributed by atoms with van der Waals surface area (Å²) in [6.07, 6.45) is 5.99. The largest absolute Gasteiger partial charge is 0.0993 e. The zero-order valence-electron chi connectivity index (χ0n) is 6.34. The van der Waals surface area contributed by atoms with Gasteiger partial charge in [-0.05, 0) is 49.4 Å². The van der Waals surface area contributed by atoms with Crippen LogP contribution < -0.4 is 0 Å². The third-order valence-corrected chi connectivity index (χ3v) is 4.16. The molecule has 0 aromatic carbocycles. The van der Waals surface area contributed by atoms with Crippen LogP contribution in [0.2, 0.25) is 0 Å². The molecule has 0 heterocycles. The Balaban J connectivity index is 2.02. The van der Waals surface area contributed by atoms with Gasteiger partial charge < -0.3 is 0 Å². The highest BCUT2D eigenvalue weighted by atomic mass is 14.6. The molecular formula is C10H14. The van der Waals surface area contributed by atoms with Gasteiger partial charge in [-0.2, -0.15) is 0 Å². The summed E-state index contributed by atoms with van der Waals surface area (Å²) >= 11 is 0. The quantitative estimate of drug-likeness (QED) is 0.447. The van der Waals surface area contributed by atoms with E-state index in [1.165, 1.54) is 25.7 Å². The minimum absolute atomic E-state index is 0.976. The van der Waals surface area contributed by atoms with E-state index in [9.17, 15) is 0 Å². The summed E-state index contributed by atoms with van der Waals surface area (Å²) in [5.41, 5.74) is 1.63. The Morgan fingerprint density at radius 1 is 0.900 bits per heavy atom. The monoisotopic (exact) mass is 134 g/mol. The first-order valence-corrected chi connectivity index (χ1v) is 4.56. The van der Waals surface area contributed by atoms with Gasteiger partial charge in [-0.25, -0.2) is 0 Å². The molecule has 3 fully saturated rings. The molecule has 0 spiro atoms. The van der Waals surface area contributed by atoms with Crippen LogP contribution in [0.1, 0.15) is 25.7 Å². The van der Waals surface area contributed by atoms with Crippen LogP contribution in [0, 0.1) is 23.7 Å². The van der Waals surface area contributed by atoms with E-state index in [4.69, 9.17) is 0 Å². The molecule has 0 aliphatic heterocycles. The van der Waals surface area contributed by atoms with Crippen LogP contribution >= 0.6 is 0 Å². The molecule has 0 heteroatoms. The van der Waals surface area contributed by atoms with E-state index in [0.717, 1.165) is 23.7 Å². The standard InChI is InChI=1S/C10H14/c1-6-7-2-3-8(6)10-5-4-9(7)10/h7-10H,1-5H2/t7-,8+,9-,10+. The third-order valence-electron chi connectivity index (χ3n) is 4.16. The van der Waals surface area contributed by atoms with E-state index in [1.54, 1.807) is 5.57 Å². The lowest BCUT2D eigenvalue weighted by Gasteiger charge is -2.39. The zero-order valence-corrected chi connectivity index (χ0v) is 6.34. The third kappa shape index (κ3) is 0.398. The molecule has 54 valence electrons. The Morgan fingerprint density at radius 3 is 1.70 bits per heavy atom. The van der Waals surface area contributed by atoms with Crippen molar-refractivity contribution in [3.8, 4) is 0 Å². The van der Waals surface area contributed by atoms with Crippen LogP contribution in [0.25, 0.3) is 0 Å². The van der Waals surface area contributed by atoms with Crippen molar-refractivity contribution in [2.45, 2.75) is 25.7 Å². The van der Waals surface area contributed by atoms with Gasteiger partial charge in [0.05, 0.1) is 0 Å². The van der Waals surface area contributed by atoms with Gasteiger partial charge in [-0.1, -0.05) is 12.2 Å². The molecule has 0 unspecified atom stereocenters. The van der Waals surface area contributed by atoms with E-state index in [1.807, 2.05) is 0 Å². The lowest BCUT2D eigenvalue weighted by molar-refractivity contribution is 0.103. The fourth-order valence-electron chi connectivity index (χ4n) is 3.53. The van der Waals surface area contributed by atoms with Crippen molar-refractivity contribution < 1.29 is 0 Å². The van der Waals surface area contributed by atoms with Crippen molar-refractivity contribution >= 4 is 0 Å². The van der Waals surface area contributed by atoms with Crippen molar-refractivity contribution in [2.24, 2.45) is 23.7 Å². The summed E-state index contributed by atoms with van der Waals surface area (Å²) in [5, 5.41) is 0. The molecule has 0 aromatic rings. The summed E-state index contributed by atoms with van der Waals surface area (Å²) in [6.45, 7) is 4.22. The number of fused-ring (bicyclic) bond motifs is 5. The van der Waals surface area contributed by atoms with Crippen LogP contribution in [-0.4, -0.2) is 0 Å². The van der Waals surface area contributed by atoms with Crippen LogP contribution in [0.15, 0.2) is 12.2 Å². The fourth-order valence-corrected chi connectivity index (χ4v) is 3.53. The Labute approximate surface area is 62.3 Å². The molecule has 0 amide bonds. The van der Waals surface area contributed by atoms with Crippen molar-refractivity contribution in [1.82, 2.24) is 0 Å². The van der Waals surface area contributed by atoms with Gasteiger partial charge in [0.1, 0.15) is 0 Å². The Morgan fingerprint density at radius 2 is 1.40 bits per heavy atom. The summed E-state index contributed by atoms with van der Waals surface area (Å²) in [5.74, 6) is 4.16. The van der Waals surface area contributed by atoms with Gasteiger partial charge in [0, 0.05) is 0 Å². The van der Waals surface area contributed by atoms with Gasteiger partial charge in [0.15, 0.2) is 0 Å². The summed E-state index contributed by atoms with van der Waals surface area (Å²) in [7, 11) is 0. The van der Waals surface area contributed by atoms with Crippen LogP contribution in [-0.2, 0) is 0 Å². The number of hydrogen-bond donors (Lipinski definition) is 0. The second kappa shape index (κ2) is 1.49. The van der Waals surface area contributed by atoms with Gasteiger partial charge >= 0.3 is 0 Å². The topological polar surface area (TPSA) is 0 Å². The molecule has 2 bridgehead atoms. The SMILES string of the molecule is C=C1[C@H]2CC[C@@H]1[C@@H]1CC[C@@H]12. The maximum atomic E-state index is 4.22.